The molecule has 0 saturated heterocycles. The SMILES string of the molecule is NC1=C(N)[C@@H](N)N(OS(=O)(=O)O)C=N1. The second kappa shape index (κ2) is 3.42. The quantitative estimate of drug-likeness (QED) is 0.372. The van der Waals surface area contributed by atoms with Gasteiger partial charge in [-0.1, -0.05) is 0 Å². The molecule has 1 aliphatic rings. The van der Waals surface area contributed by atoms with E-state index in [1.54, 1.807) is 0 Å². The van der Waals surface area contributed by atoms with Crippen molar-refractivity contribution in [2.24, 2.45) is 22.2 Å². The molecule has 10 heteroatoms. The van der Waals surface area contributed by atoms with Gasteiger partial charge in [0, 0.05) is 0 Å². The van der Waals surface area contributed by atoms with Crippen LogP contribution in [-0.2, 0) is 14.7 Å². The molecule has 0 radical (unpaired) electrons. The fourth-order valence-electron chi connectivity index (χ4n) is 0.728. The van der Waals surface area contributed by atoms with Crippen LogP contribution < -0.4 is 17.2 Å². The maximum Gasteiger partial charge on any atom is 0.418 e. The van der Waals surface area contributed by atoms with Gasteiger partial charge in [0.05, 0.1) is 5.70 Å². The predicted molar refractivity (Wildman–Crippen MR) is 46.3 cm³/mol. The molecule has 80 valence electrons. The highest BCUT2D eigenvalue weighted by Gasteiger charge is 2.25. The van der Waals surface area contributed by atoms with Gasteiger partial charge in [-0.15, -0.1) is 4.28 Å². The summed E-state index contributed by atoms with van der Waals surface area (Å²) < 4.78 is 33.0. The van der Waals surface area contributed by atoms with Crippen LogP contribution in [0.25, 0.3) is 0 Å². The van der Waals surface area contributed by atoms with E-state index in [-0.39, 0.29) is 11.5 Å². The zero-order chi connectivity index (χ0) is 10.9. The lowest BCUT2D eigenvalue weighted by Crippen LogP contribution is -2.48. The Kier molecular flexibility index (Phi) is 2.62. The highest BCUT2D eigenvalue weighted by atomic mass is 32.3. The van der Waals surface area contributed by atoms with E-state index >= 15 is 0 Å². The van der Waals surface area contributed by atoms with Gasteiger partial charge in [-0.2, -0.15) is 8.42 Å². The van der Waals surface area contributed by atoms with Crippen molar-refractivity contribution in [3.63, 3.8) is 0 Å². The average Bonchev–Trinajstić information content (AvgIpc) is 2.04. The van der Waals surface area contributed by atoms with Crippen molar-refractivity contribution in [3.8, 4) is 0 Å². The molecule has 1 aliphatic heterocycles. The minimum atomic E-state index is -4.66. The summed E-state index contributed by atoms with van der Waals surface area (Å²) in [6.45, 7) is 0. The molecule has 0 unspecified atom stereocenters. The summed E-state index contributed by atoms with van der Waals surface area (Å²) in [7, 11) is -4.66. The molecular formula is C4H9N5O4S. The molecule has 1 heterocycles. The van der Waals surface area contributed by atoms with Crippen LogP contribution in [0.4, 0.5) is 0 Å². The third-order valence-corrected chi connectivity index (χ3v) is 1.74. The van der Waals surface area contributed by atoms with Gasteiger partial charge in [-0.05, 0) is 0 Å². The van der Waals surface area contributed by atoms with E-state index in [1.165, 1.54) is 0 Å². The van der Waals surface area contributed by atoms with Crippen LogP contribution in [0.5, 0.6) is 0 Å². The van der Waals surface area contributed by atoms with Gasteiger partial charge in [-0.25, -0.2) is 10.1 Å². The van der Waals surface area contributed by atoms with E-state index in [4.69, 9.17) is 21.8 Å². The molecule has 0 aromatic carbocycles. The lowest BCUT2D eigenvalue weighted by Gasteiger charge is -2.26. The molecule has 0 saturated carbocycles. The van der Waals surface area contributed by atoms with Crippen LogP contribution in [0.15, 0.2) is 16.5 Å². The summed E-state index contributed by atoms with van der Waals surface area (Å²) in [6, 6.07) is 0. The summed E-state index contributed by atoms with van der Waals surface area (Å²) in [5, 5.41) is 0.557. The number of hydroxylamine groups is 2. The number of hydrogen-bond donors (Lipinski definition) is 4. The summed E-state index contributed by atoms with van der Waals surface area (Å²) in [5.74, 6) is -0.0345. The highest BCUT2D eigenvalue weighted by Crippen LogP contribution is 2.09. The van der Waals surface area contributed by atoms with Crippen LogP contribution in [0, 0.1) is 0 Å². The molecule has 0 bridgehead atoms. The van der Waals surface area contributed by atoms with Crippen LogP contribution in [0.2, 0.25) is 0 Å². The third kappa shape index (κ3) is 2.32. The molecule has 0 amide bonds. The number of rotatable bonds is 2. The van der Waals surface area contributed by atoms with Gasteiger partial charge in [0.25, 0.3) is 0 Å². The van der Waals surface area contributed by atoms with Crippen LogP contribution >= 0.6 is 0 Å². The summed E-state index contributed by atoms with van der Waals surface area (Å²) in [4.78, 5) is 3.48. The smallest absolute Gasteiger partial charge is 0.396 e. The molecular weight excluding hydrogens is 214 g/mol. The number of nitrogens with two attached hydrogens (primary N) is 3. The Bertz CT molecular complexity index is 387. The van der Waals surface area contributed by atoms with Crippen LogP contribution in [-0.4, -0.2) is 30.5 Å². The monoisotopic (exact) mass is 223 g/mol. The standard InChI is InChI=1S/C4H9N5O4S/c5-2-3(6)8-1-9(4(2)7)13-14(10,11)12/h1,4H,5-7H2,(H,10,11,12)/t4-/m0/s1. The maximum atomic E-state index is 10.3. The minimum absolute atomic E-state index is 0.0345. The molecule has 0 aromatic heterocycles. The van der Waals surface area contributed by atoms with Gasteiger partial charge in [0.15, 0.2) is 0 Å². The molecule has 7 N–H and O–H groups in total. The molecule has 1 rings (SSSR count). The predicted octanol–water partition coefficient (Wildman–Crippen LogP) is -2.56. The Morgan fingerprint density at radius 1 is 1.57 bits per heavy atom. The summed E-state index contributed by atoms with van der Waals surface area (Å²) in [6.07, 6.45) is -0.223. The Hall–Kier alpha value is -1.36. The minimum Gasteiger partial charge on any atom is -0.396 e. The van der Waals surface area contributed by atoms with E-state index in [9.17, 15) is 8.42 Å². The van der Waals surface area contributed by atoms with Crippen molar-refractivity contribution in [1.29, 1.82) is 0 Å². The fraction of sp³-hybridized carbons (Fsp3) is 0.250. The Balaban J connectivity index is 2.84. The van der Waals surface area contributed by atoms with Gasteiger partial charge in [-0.3, -0.25) is 4.55 Å². The first-order chi connectivity index (χ1) is 6.31. The summed E-state index contributed by atoms with van der Waals surface area (Å²) >= 11 is 0. The third-order valence-electron chi connectivity index (χ3n) is 1.38. The molecule has 9 nitrogen and oxygen atoms in total. The van der Waals surface area contributed by atoms with Crippen LogP contribution in [0.3, 0.4) is 0 Å². The topological polar surface area (TPSA) is 157 Å². The summed E-state index contributed by atoms with van der Waals surface area (Å²) in [5.41, 5.74) is 16.0. The Morgan fingerprint density at radius 3 is 2.64 bits per heavy atom. The molecule has 0 fully saturated rings. The Morgan fingerprint density at radius 2 is 2.14 bits per heavy atom. The normalized spacial score (nSPS) is 23.0. The first kappa shape index (κ1) is 10.7. The van der Waals surface area contributed by atoms with Crippen molar-refractivity contribution < 1.29 is 17.3 Å². The van der Waals surface area contributed by atoms with E-state index in [2.05, 4.69) is 9.28 Å². The first-order valence-corrected chi connectivity index (χ1v) is 4.68. The molecule has 1 atom stereocenters. The van der Waals surface area contributed by atoms with E-state index in [0.717, 1.165) is 6.34 Å². The zero-order valence-electron chi connectivity index (χ0n) is 6.86. The number of aliphatic imine (C=N–C) groups is 1. The van der Waals surface area contributed by atoms with Crippen molar-refractivity contribution >= 4 is 16.7 Å². The highest BCUT2D eigenvalue weighted by molar-refractivity contribution is 7.80. The maximum absolute atomic E-state index is 10.3. The second-order valence-electron chi connectivity index (χ2n) is 2.39. The Labute approximate surface area is 79.7 Å². The largest absolute Gasteiger partial charge is 0.418 e. The van der Waals surface area contributed by atoms with Gasteiger partial charge >= 0.3 is 10.4 Å². The number of nitrogens with zero attached hydrogens (tertiary/aromatic N) is 2. The lowest BCUT2D eigenvalue weighted by molar-refractivity contribution is -0.00878. The van der Waals surface area contributed by atoms with E-state index in [0.29, 0.717) is 5.06 Å². The molecule has 14 heavy (non-hydrogen) atoms. The van der Waals surface area contributed by atoms with Gasteiger partial charge in [0.2, 0.25) is 0 Å². The van der Waals surface area contributed by atoms with Crippen molar-refractivity contribution in [2.75, 3.05) is 0 Å². The second-order valence-corrected chi connectivity index (χ2v) is 3.40. The van der Waals surface area contributed by atoms with Crippen molar-refractivity contribution in [1.82, 2.24) is 5.06 Å². The average molecular weight is 223 g/mol. The van der Waals surface area contributed by atoms with E-state index < -0.39 is 16.6 Å². The lowest BCUT2D eigenvalue weighted by atomic mass is 10.3. The number of hydrogen-bond acceptors (Lipinski definition) is 8. The molecule has 0 aliphatic carbocycles. The van der Waals surface area contributed by atoms with E-state index in [1.807, 2.05) is 0 Å². The van der Waals surface area contributed by atoms with Gasteiger partial charge < -0.3 is 17.2 Å². The van der Waals surface area contributed by atoms with Crippen molar-refractivity contribution in [3.05, 3.63) is 11.5 Å². The molecule has 0 spiro atoms. The van der Waals surface area contributed by atoms with Crippen molar-refractivity contribution in [2.45, 2.75) is 6.17 Å². The first-order valence-electron chi connectivity index (χ1n) is 3.31. The van der Waals surface area contributed by atoms with Crippen LogP contribution in [0.1, 0.15) is 0 Å². The molecule has 0 aromatic rings. The fourth-order valence-corrected chi connectivity index (χ4v) is 1.08. The zero-order valence-corrected chi connectivity index (χ0v) is 7.68. The van der Waals surface area contributed by atoms with Gasteiger partial charge in [0.1, 0.15) is 18.3 Å².